The summed E-state index contributed by atoms with van der Waals surface area (Å²) in [5.41, 5.74) is -0.951. The third-order valence-electron chi connectivity index (χ3n) is 3.86. The summed E-state index contributed by atoms with van der Waals surface area (Å²) in [6.07, 6.45) is -4.69. The van der Waals surface area contributed by atoms with Crippen molar-refractivity contribution in [1.82, 2.24) is 9.88 Å². The lowest BCUT2D eigenvalue weighted by molar-refractivity contribution is -0.138. The standard InChI is InChI=1S/C19H17F4N3OS/c1-3-26(10-13-5-4-6-14(20)8-13)17(27)11-28-18-15(9-24)16(19(21,22)23)7-12(2)25-18/h4-8H,3,10-11H2,1-2H3. The van der Waals surface area contributed by atoms with Crippen LogP contribution in [-0.2, 0) is 17.5 Å². The molecule has 0 N–H and O–H groups in total. The van der Waals surface area contributed by atoms with Gasteiger partial charge < -0.3 is 4.90 Å². The first-order valence-electron chi connectivity index (χ1n) is 8.29. The van der Waals surface area contributed by atoms with Gasteiger partial charge in [-0.05, 0) is 37.6 Å². The predicted octanol–water partition coefficient (Wildman–Crippen LogP) is 4.56. The highest BCUT2D eigenvalue weighted by molar-refractivity contribution is 8.00. The Morgan fingerprint density at radius 3 is 2.61 bits per heavy atom. The van der Waals surface area contributed by atoms with E-state index in [0.717, 1.165) is 17.8 Å². The van der Waals surface area contributed by atoms with Gasteiger partial charge in [-0.25, -0.2) is 9.37 Å². The Hall–Kier alpha value is -2.60. The van der Waals surface area contributed by atoms with E-state index < -0.39 is 23.1 Å². The number of rotatable bonds is 6. The number of carbonyl (C=O) groups is 1. The number of amides is 1. The normalized spacial score (nSPS) is 11.2. The van der Waals surface area contributed by atoms with Crippen LogP contribution in [0, 0.1) is 24.1 Å². The number of pyridine rings is 1. The van der Waals surface area contributed by atoms with E-state index in [9.17, 15) is 22.4 Å². The molecule has 0 unspecified atom stereocenters. The minimum atomic E-state index is -4.69. The molecule has 0 aliphatic carbocycles. The molecule has 0 bridgehead atoms. The quantitative estimate of drug-likeness (QED) is 0.517. The molecule has 0 saturated heterocycles. The Morgan fingerprint density at radius 1 is 1.32 bits per heavy atom. The van der Waals surface area contributed by atoms with E-state index in [-0.39, 0.29) is 28.9 Å². The first-order chi connectivity index (χ1) is 13.2. The summed E-state index contributed by atoms with van der Waals surface area (Å²) in [7, 11) is 0. The Kier molecular flexibility index (Phi) is 7.02. The lowest BCUT2D eigenvalue weighted by atomic mass is 10.1. The second-order valence-electron chi connectivity index (χ2n) is 5.93. The predicted molar refractivity (Wildman–Crippen MR) is 96.9 cm³/mol. The Balaban J connectivity index is 2.17. The molecule has 2 rings (SSSR count). The molecule has 28 heavy (non-hydrogen) atoms. The molecule has 1 aromatic carbocycles. The van der Waals surface area contributed by atoms with E-state index in [1.807, 2.05) is 0 Å². The van der Waals surface area contributed by atoms with Gasteiger partial charge in [-0.15, -0.1) is 0 Å². The van der Waals surface area contributed by atoms with Crippen LogP contribution in [0.15, 0.2) is 35.4 Å². The van der Waals surface area contributed by atoms with Crippen LogP contribution < -0.4 is 0 Å². The second kappa shape index (κ2) is 9.06. The molecule has 0 radical (unpaired) electrons. The van der Waals surface area contributed by atoms with Gasteiger partial charge in [0.25, 0.3) is 0 Å². The van der Waals surface area contributed by atoms with Crippen molar-refractivity contribution in [3.8, 4) is 6.07 Å². The SMILES string of the molecule is CCN(Cc1cccc(F)c1)C(=O)CSc1nc(C)cc(C(F)(F)F)c1C#N. The van der Waals surface area contributed by atoms with Crippen LogP contribution in [0.4, 0.5) is 17.6 Å². The van der Waals surface area contributed by atoms with Gasteiger partial charge in [-0.1, -0.05) is 23.9 Å². The number of carbonyl (C=O) groups excluding carboxylic acids is 1. The molecule has 4 nitrogen and oxygen atoms in total. The first kappa shape index (κ1) is 21.7. The molecule has 1 heterocycles. The van der Waals surface area contributed by atoms with Gasteiger partial charge in [0, 0.05) is 18.8 Å². The maximum absolute atomic E-state index is 13.3. The van der Waals surface area contributed by atoms with Gasteiger partial charge >= 0.3 is 6.18 Å². The fraction of sp³-hybridized carbons (Fsp3) is 0.316. The largest absolute Gasteiger partial charge is 0.417 e. The van der Waals surface area contributed by atoms with Crippen molar-refractivity contribution in [2.45, 2.75) is 31.6 Å². The molecular weight excluding hydrogens is 394 g/mol. The van der Waals surface area contributed by atoms with E-state index in [2.05, 4.69) is 4.98 Å². The number of benzene rings is 1. The second-order valence-corrected chi connectivity index (χ2v) is 6.89. The zero-order valence-corrected chi connectivity index (χ0v) is 16.0. The summed E-state index contributed by atoms with van der Waals surface area (Å²) in [4.78, 5) is 17.9. The Bertz CT molecular complexity index is 909. The van der Waals surface area contributed by atoms with E-state index in [4.69, 9.17) is 5.26 Å². The summed E-state index contributed by atoms with van der Waals surface area (Å²) < 4.78 is 52.8. The van der Waals surface area contributed by atoms with Gasteiger partial charge in [0.15, 0.2) is 0 Å². The smallest absolute Gasteiger partial charge is 0.338 e. The van der Waals surface area contributed by atoms with Gasteiger partial charge in [0.05, 0.1) is 16.9 Å². The molecule has 1 aromatic heterocycles. The molecule has 0 aliphatic heterocycles. The summed E-state index contributed by atoms with van der Waals surface area (Å²) in [5, 5.41) is 9.03. The maximum atomic E-state index is 13.3. The summed E-state index contributed by atoms with van der Waals surface area (Å²) in [6.45, 7) is 3.66. The van der Waals surface area contributed by atoms with Crippen molar-refractivity contribution in [3.63, 3.8) is 0 Å². The van der Waals surface area contributed by atoms with E-state index in [0.29, 0.717) is 12.1 Å². The average Bonchev–Trinajstić information content (AvgIpc) is 2.63. The van der Waals surface area contributed by atoms with Crippen molar-refractivity contribution in [1.29, 1.82) is 5.26 Å². The first-order valence-corrected chi connectivity index (χ1v) is 9.28. The fourth-order valence-electron chi connectivity index (χ4n) is 2.53. The number of halogens is 4. The molecule has 0 fully saturated rings. The number of hydrogen-bond donors (Lipinski definition) is 0. The number of alkyl halides is 3. The highest BCUT2D eigenvalue weighted by Gasteiger charge is 2.35. The molecule has 9 heteroatoms. The Morgan fingerprint density at radius 2 is 2.04 bits per heavy atom. The third-order valence-corrected chi connectivity index (χ3v) is 4.82. The summed E-state index contributed by atoms with van der Waals surface area (Å²) in [5.74, 6) is -0.957. The van der Waals surface area contributed by atoms with Gasteiger partial charge in [0.2, 0.25) is 5.91 Å². The summed E-state index contributed by atoms with van der Waals surface area (Å²) >= 11 is 0.783. The molecule has 148 valence electrons. The minimum absolute atomic E-state index is 0.105. The van der Waals surface area contributed by atoms with Crippen LogP contribution in [0.25, 0.3) is 0 Å². The fourth-order valence-corrected chi connectivity index (χ4v) is 3.49. The van der Waals surface area contributed by atoms with Crippen molar-refractivity contribution in [2.24, 2.45) is 0 Å². The highest BCUT2D eigenvalue weighted by atomic mass is 32.2. The number of nitrogens with zero attached hydrogens (tertiary/aromatic N) is 3. The van der Waals surface area contributed by atoms with E-state index in [1.54, 1.807) is 19.1 Å². The van der Waals surface area contributed by atoms with Crippen LogP contribution >= 0.6 is 11.8 Å². The van der Waals surface area contributed by atoms with Crippen LogP contribution in [0.2, 0.25) is 0 Å². The molecule has 0 spiro atoms. The zero-order chi connectivity index (χ0) is 20.9. The number of nitriles is 1. The van der Waals surface area contributed by atoms with Crippen LogP contribution in [0.3, 0.4) is 0 Å². The molecular formula is C19H17F4N3OS. The molecule has 0 atom stereocenters. The summed E-state index contributed by atoms with van der Waals surface area (Å²) in [6, 6.07) is 8.17. The molecule has 1 amide bonds. The van der Waals surface area contributed by atoms with Gasteiger partial charge in [-0.2, -0.15) is 18.4 Å². The number of aryl methyl sites for hydroxylation is 1. The number of thioether (sulfide) groups is 1. The van der Waals surface area contributed by atoms with Crippen LogP contribution in [-0.4, -0.2) is 28.1 Å². The zero-order valence-electron chi connectivity index (χ0n) is 15.2. The maximum Gasteiger partial charge on any atom is 0.417 e. The molecule has 2 aromatic rings. The van der Waals surface area contributed by atoms with Gasteiger partial charge in [-0.3, -0.25) is 4.79 Å². The van der Waals surface area contributed by atoms with Crippen LogP contribution in [0.5, 0.6) is 0 Å². The topological polar surface area (TPSA) is 57.0 Å². The Labute approximate surface area is 164 Å². The number of aromatic nitrogens is 1. The number of hydrogen-bond acceptors (Lipinski definition) is 4. The van der Waals surface area contributed by atoms with Crippen molar-refractivity contribution in [2.75, 3.05) is 12.3 Å². The third kappa shape index (κ3) is 5.45. The van der Waals surface area contributed by atoms with E-state index in [1.165, 1.54) is 30.0 Å². The lowest BCUT2D eigenvalue weighted by Gasteiger charge is -2.21. The molecule has 0 saturated carbocycles. The molecule has 0 aliphatic rings. The van der Waals surface area contributed by atoms with Crippen molar-refractivity contribution < 1.29 is 22.4 Å². The van der Waals surface area contributed by atoms with Crippen molar-refractivity contribution in [3.05, 3.63) is 58.5 Å². The average molecular weight is 411 g/mol. The lowest BCUT2D eigenvalue weighted by Crippen LogP contribution is -2.31. The van der Waals surface area contributed by atoms with Crippen LogP contribution in [0.1, 0.15) is 29.3 Å². The van der Waals surface area contributed by atoms with E-state index >= 15 is 0 Å². The highest BCUT2D eigenvalue weighted by Crippen LogP contribution is 2.35. The minimum Gasteiger partial charge on any atom is -0.338 e. The van der Waals surface area contributed by atoms with Crippen molar-refractivity contribution >= 4 is 17.7 Å². The monoisotopic (exact) mass is 411 g/mol. The van der Waals surface area contributed by atoms with Gasteiger partial charge in [0.1, 0.15) is 16.9 Å².